The molecule has 4 rings (SSSR count). The first-order chi connectivity index (χ1) is 14.0. The number of carbonyl (C=O) groups excluding carboxylic acids is 2. The molecule has 0 unspecified atom stereocenters. The van der Waals surface area contributed by atoms with Gasteiger partial charge in [0.15, 0.2) is 5.78 Å². The summed E-state index contributed by atoms with van der Waals surface area (Å²) in [5.74, 6) is 0.581. The van der Waals surface area contributed by atoms with Gasteiger partial charge < -0.3 is 15.0 Å². The van der Waals surface area contributed by atoms with Gasteiger partial charge in [-0.1, -0.05) is 41.4 Å². The Bertz CT molecular complexity index is 919. The molecule has 1 spiro atoms. The number of carbonyl (C=O) groups is 2. The predicted octanol–water partition coefficient (Wildman–Crippen LogP) is 4.22. The van der Waals surface area contributed by atoms with Gasteiger partial charge in [-0.05, 0) is 24.3 Å². The van der Waals surface area contributed by atoms with E-state index in [1.807, 2.05) is 24.3 Å². The van der Waals surface area contributed by atoms with Crippen molar-refractivity contribution in [2.24, 2.45) is 0 Å². The van der Waals surface area contributed by atoms with E-state index in [4.69, 9.17) is 27.9 Å². The fraction of sp³-hybridized carbons (Fsp3) is 0.364. The van der Waals surface area contributed by atoms with Crippen LogP contribution in [0.3, 0.4) is 0 Å². The van der Waals surface area contributed by atoms with Crippen LogP contribution in [0.4, 0.5) is 0 Å². The van der Waals surface area contributed by atoms with E-state index in [2.05, 4.69) is 10.2 Å². The molecule has 2 heterocycles. The Morgan fingerprint density at radius 3 is 2.48 bits per heavy atom. The molecule has 7 heteroatoms. The van der Waals surface area contributed by atoms with Crippen molar-refractivity contribution in [2.45, 2.75) is 24.9 Å². The minimum atomic E-state index is -0.406. The molecule has 2 aromatic rings. The number of rotatable bonds is 4. The molecule has 0 bridgehead atoms. The van der Waals surface area contributed by atoms with E-state index in [1.165, 1.54) is 0 Å². The Kier molecular flexibility index (Phi) is 5.81. The first-order valence-corrected chi connectivity index (χ1v) is 10.5. The number of nitrogens with one attached hydrogen (secondary N) is 1. The second-order valence-corrected chi connectivity index (χ2v) is 8.39. The molecule has 0 saturated carbocycles. The molecule has 1 amide bonds. The van der Waals surface area contributed by atoms with Crippen molar-refractivity contribution in [3.8, 4) is 5.75 Å². The van der Waals surface area contributed by atoms with E-state index in [1.54, 1.807) is 18.2 Å². The molecular weight excluding hydrogens is 411 g/mol. The summed E-state index contributed by atoms with van der Waals surface area (Å²) in [4.78, 5) is 27.2. The molecule has 1 saturated heterocycles. The molecule has 0 radical (unpaired) electrons. The van der Waals surface area contributed by atoms with E-state index < -0.39 is 5.60 Å². The van der Waals surface area contributed by atoms with Gasteiger partial charge >= 0.3 is 0 Å². The summed E-state index contributed by atoms with van der Waals surface area (Å²) in [5.41, 5.74) is 0.582. The average Bonchev–Trinajstić information content (AvgIpc) is 2.69. The summed E-state index contributed by atoms with van der Waals surface area (Å²) in [7, 11) is 0. The summed E-state index contributed by atoms with van der Waals surface area (Å²) in [6, 6.07) is 12.5. The number of Topliss-reactive ketones (excluding diaryl/α,β-unsaturated/α-hetero) is 1. The maximum Gasteiger partial charge on any atom is 0.254 e. The molecule has 0 aliphatic carbocycles. The summed E-state index contributed by atoms with van der Waals surface area (Å²) in [6.45, 7) is 2.85. The van der Waals surface area contributed by atoms with E-state index in [0.717, 1.165) is 25.9 Å². The highest BCUT2D eigenvalue weighted by molar-refractivity contribution is 6.39. The van der Waals surface area contributed by atoms with Crippen molar-refractivity contribution in [3.63, 3.8) is 0 Å². The van der Waals surface area contributed by atoms with Crippen LogP contribution in [0.25, 0.3) is 0 Å². The standard InChI is InChI=1S/C22H22Cl2N2O3/c23-16-5-3-6-17(24)20(16)21(28)25-10-13-26-11-8-22(9-12-26)14-18(27)15-4-1-2-7-19(15)29-22/h1-7H,8-14H2,(H,25,28). The number of benzene rings is 2. The summed E-state index contributed by atoms with van der Waals surface area (Å²) in [5, 5.41) is 3.57. The van der Waals surface area contributed by atoms with Crippen LogP contribution in [0.1, 0.15) is 40.0 Å². The quantitative estimate of drug-likeness (QED) is 0.785. The second-order valence-electron chi connectivity index (χ2n) is 7.58. The third-order valence-corrected chi connectivity index (χ3v) is 6.30. The molecule has 0 atom stereocenters. The largest absolute Gasteiger partial charge is 0.486 e. The van der Waals surface area contributed by atoms with Crippen LogP contribution in [0.2, 0.25) is 10.0 Å². The number of amides is 1. The van der Waals surface area contributed by atoms with Crippen LogP contribution in [0.15, 0.2) is 42.5 Å². The van der Waals surface area contributed by atoms with Crippen molar-refractivity contribution in [1.82, 2.24) is 10.2 Å². The first-order valence-electron chi connectivity index (χ1n) is 9.73. The van der Waals surface area contributed by atoms with Crippen LogP contribution >= 0.6 is 23.2 Å². The molecule has 1 N–H and O–H groups in total. The third kappa shape index (κ3) is 4.27. The van der Waals surface area contributed by atoms with Crippen molar-refractivity contribution >= 4 is 34.9 Å². The Hall–Kier alpha value is -2.08. The van der Waals surface area contributed by atoms with Gasteiger partial charge in [0.05, 0.1) is 27.6 Å². The number of hydrogen-bond donors (Lipinski definition) is 1. The number of piperidine rings is 1. The number of nitrogens with zero attached hydrogens (tertiary/aromatic N) is 1. The van der Waals surface area contributed by atoms with Gasteiger partial charge in [0.1, 0.15) is 11.4 Å². The van der Waals surface area contributed by atoms with Crippen molar-refractivity contribution in [2.75, 3.05) is 26.2 Å². The Labute approximate surface area is 179 Å². The molecule has 0 aromatic heterocycles. The molecule has 152 valence electrons. The summed E-state index contributed by atoms with van der Waals surface area (Å²) >= 11 is 12.2. The molecular formula is C22H22Cl2N2O3. The van der Waals surface area contributed by atoms with E-state index in [0.29, 0.717) is 46.4 Å². The zero-order chi connectivity index (χ0) is 20.4. The Morgan fingerprint density at radius 1 is 1.07 bits per heavy atom. The lowest BCUT2D eigenvalue weighted by atomic mass is 9.82. The van der Waals surface area contributed by atoms with Gasteiger partial charge in [-0.3, -0.25) is 9.59 Å². The van der Waals surface area contributed by atoms with Crippen LogP contribution in [0.5, 0.6) is 5.75 Å². The number of halogens is 2. The van der Waals surface area contributed by atoms with Gasteiger partial charge in [-0.25, -0.2) is 0 Å². The van der Waals surface area contributed by atoms with Crippen LogP contribution in [-0.4, -0.2) is 48.4 Å². The number of likely N-dealkylation sites (tertiary alicyclic amines) is 1. The van der Waals surface area contributed by atoms with Crippen molar-refractivity contribution < 1.29 is 14.3 Å². The minimum absolute atomic E-state index is 0.157. The van der Waals surface area contributed by atoms with Crippen LogP contribution < -0.4 is 10.1 Å². The zero-order valence-electron chi connectivity index (χ0n) is 15.9. The number of fused-ring (bicyclic) bond motifs is 1. The highest BCUT2D eigenvalue weighted by Gasteiger charge is 2.42. The maximum atomic E-state index is 12.5. The van der Waals surface area contributed by atoms with E-state index in [9.17, 15) is 9.59 Å². The first kappa shape index (κ1) is 20.2. The highest BCUT2D eigenvalue weighted by Crippen LogP contribution is 2.39. The second kappa shape index (κ2) is 8.34. The normalized spacial score (nSPS) is 18.2. The molecule has 1 fully saturated rings. The highest BCUT2D eigenvalue weighted by atomic mass is 35.5. The fourth-order valence-corrected chi connectivity index (χ4v) is 4.61. The zero-order valence-corrected chi connectivity index (χ0v) is 17.4. The molecule has 5 nitrogen and oxygen atoms in total. The fourth-order valence-electron chi connectivity index (χ4n) is 4.04. The lowest BCUT2D eigenvalue weighted by Crippen LogP contribution is -2.52. The molecule has 2 aliphatic rings. The minimum Gasteiger partial charge on any atom is -0.486 e. The van der Waals surface area contributed by atoms with Gasteiger partial charge in [0.25, 0.3) is 5.91 Å². The van der Waals surface area contributed by atoms with Gasteiger partial charge in [-0.2, -0.15) is 0 Å². The SMILES string of the molecule is O=C1CC2(CCN(CCNC(=O)c3c(Cl)cccc3Cl)CC2)Oc2ccccc21. The van der Waals surface area contributed by atoms with Gasteiger partial charge in [0.2, 0.25) is 0 Å². The van der Waals surface area contributed by atoms with E-state index in [-0.39, 0.29) is 11.7 Å². The summed E-state index contributed by atoms with van der Waals surface area (Å²) < 4.78 is 6.26. The number of ether oxygens (including phenoxy) is 1. The number of hydrogen-bond acceptors (Lipinski definition) is 4. The monoisotopic (exact) mass is 432 g/mol. The number of ketones is 1. The summed E-state index contributed by atoms with van der Waals surface area (Å²) in [6.07, 6.45) is 2.01. The third-order valence-electron chi connectivity index (χ3n) is 5.67. The van der Waals surface area contributed by atoms with Crippen molar-refractivity contribution in [1.29, 1.82) is 0 Å². The lowest BCUT2D eigenvalue weighted by molar-refractivity contribution is -0.00865. The van der Waals surface area contributed by atoms with Gasteiger partial charge in [-0.15, -0.1) is 0 Å². The number of para-hydroxylation sites is 1. The Morgan fingerprint density at radius 2 is 1.76 bits per heavy atom. The topological polar surface area (TPSA) is 58.6 Å². The van der Waals surface area contributed by atoms with E-state index >= 15 is 0 Å². The molecule has 29 heavy (non-hydrogen) atoms. The van der Waals surface area contributed by atoms with Crippen LogP contribution in [0, 0.1) is 0 Å². The predicted molar refractivity (Wildman–Crippen MR) is 113 cm³/mol. The van der Waals surface area contributed by atoms with Crippen molar-refractivity contribution in [3.05, 3.63) is 63.6 Å². The maximum absolute atomic E-state index is 12.5. The Balaban J connectivity index is 1.29. The average molecular weight is 433 g/mol. The lowest BCUT2D eigenvalue weighted by Gasteiger charge is -2.44. The van der Waals surface area contributed by atoms with Crippen LogP contribution in [-0.2, 0) is 0 Å². The smallest absolute Gasteiger partial charge is 0.254 e. The van der Waals surface area contributed by atoms with Gasteiger partial charge in [0, 0.05) is 39.0 Å². The molecule has 2 aliphatic heterocycles. The molecule has 2 aromatic carbocycles.